The topological polar surface area (TPSA) is 81.2 Å². The molecule has 0 aliphatic heterocycles. The lowest BCUT2D eigenvalue weighted by Crippen LogP contribution is -2.05. The van der Waals surface area contributed by atoms with Gasteiger partial charge in [0.15, 0.2) is 0 Å². The number of aromatic nitrogens is 1. The van der Waals surface area contributed by atoms with E-state index in [1.165, 1.54) is 12.7 Å². The van der Waals surface area contributed by atoms with Gasteiger partial charge in [0.2, 0.25) is 0 Å². The first kappa shape index (κ1) is 24.6. The number of fused-ring (bicyclic) bond motifs is 4. The molecule has 4 aromatic carbocycles. The summed E-state index contributed by atoms with van der Waals surface area (Å²) < 4.78 is 11.2. The predicted octanol–water partition coefficient (Wildman–Crippen LogP) is 7.03. The molecule has 0 amide bonds. The quantitative estimate of drug-likeness (QED) is 0.235. The summed E-state index contributed by atoms with van der Waals surface area (Å²) in [6, 6.07) is 28.5. The van der Waals surface area contributed by atoms with Crippen LogP contribution in [0, 0.1) is 0 Å². The third kappa shape index (κ3) is 4.37. The summed E-state index contributed by atoms with van der Waals surface area (Å²) in [6.07, 6.45) is 1.42. The molecule has 0 radical (unpaired) electrons. The Morgan fingerprint density at radius 2 is 1.73 bits per heavy atom. The zero-order valence-electron chi connectivity index (χ0n) is 20.4. The number of H-pyrrole nitrogens is 1. The van der Waals surface area contributed by atoms with Gasteiger partial charge in [-0.3, -0.25) is 0 Å². The number of rotatable bonds is 6. The summed E-state index contributed by atoms with van der Waals surface area (Å²) in [5.74, 6) is -0.333. The minimum atomic E-state index is -0.333. The first-order chi connectivity index (χ1) is 17.7. The van der Waals surface area contributed by atoms with Gasteiger partial charge in [-0.05, 0) is 60.0 Å². The fourth-order valence-electron chi connectivity index (χ4n) is 5.16. The molecule has 0 bridgehead atoms. The van der Waals surface area contributed by atoms with Crippen LogP contribution in [0.25, 0.3) is 44.0 Å². The number of carbonyl (C=O) groups excluding carboxylic acids is 1. The molecule has 6 rings (SSSR count). The molecular formula is C31H27ClN2O3. The van der Waals surface area contributed by atoms with Gasteiger partial charge in [-0.15, -0.1) is 12.4 Å². The number of ether oxygens (including phenoxy) is 1. The van der Waals surface area contributed by atoms with Gasteiger partial charge in [-0.1, -0.05) is 54.6 Å². The summed E-state index contributed by atoms with van der Waals surface area (Å²) in [5.41, 5.74) is 15.0. The number of nitrogens with one attached hydrogen (secondary N) is 1. The van der Waals surface area contributed by atoms with Crippen molar-refractivity contribution in [2.24, 2.45) is 5.73 Å². The number of aromatic amines is 1. The van der Waals surface area contributed by atoms with Crippen LogP contribution in [-0.2, 0) is 17.6 Å². The van der Waals surface area contributed by atoms with Crippen LogP contribution < -0.4 is 5.73 Å². The first-order valence-electron chi connectivity index (χ1n) is 12.1. The van der Waals surface area contributed by atoms with E-state index < -0.39 is 0 Å². The molecule has 0 unspecified atom stereocenters. The third-order valence-corrected chi connectivity index (χ3v) is 6.83. The molecule has 0 atom stereocenters. The normalized spacial score (nSPS) is 11.2. The highest BCUT2D eigenvalue weighted by Gasteiger charge is 2.16. The Hall–Kier alpha value is -4.06. The number of esters is 1. The lowest BCUT2D eigenvalue weighted by Gasteiger charge is -2.07. The standard InChI is InChI=1S/C31H26N2O3.ClH/c1-35-31(34)21-7-4-6-19(16-21)17-28-23(14-15-32)26-18-20(12-13-27(26)33-28)22-9-5-10-25-24-8-2-3-11-29(24)36-30(22)25;/h2-13,16,18,33H,14-15,17,32H2,1H3;1H. The number of methoxy groups -OCH3 is 1. The lowest BCUT2D eigenvalue weighted by atomic mass is 9.97. The molecule has 0 fully saturated rings. The van der Waals surface area contributed by atoms with E-state index in [4.69, 9.17) is 14.9 Å². The summed E-state index contributed by atoms with van der Waals surface area (Å²) in [6.45, 7) is 0.547. The summed E-state index contributed by atoms with van der Waals surface area (Å²) in [7, 11) is 1.40. The van der Waals surface area contributed by atoms with Crippen molar-refractivity contribution in [3.63, 3.8) is 0 Å². The summed E-state index contributed by atoms with van der Waals surface area (Å²) >= 11 is 0. The largest absolute Gasteiger partial charge is 0.465 e. The highest BCUT2D eigenvalue weighted by atomic mass is 35.5. The Balaban J connectivity index is 0.00000280. The molecule has 0 saturated carbocycles. The number of hydrogen-bond acceptors (Lipinski definition) is 4. The van der Waals surface area contributed by atoms with Crippen molar-refractivity contribution in [3.8, 4) is 11.1 Å². The minimum absolute atomic E-state index is 0. The van der Waals surface area contributed by atoms with Crippen LogP contribution in [0.1, 0.15) is 27.2 Å². The van der Waals surface area contributed by atoms with E-state index in [-0.39, 0.29) is 18.4 Å². The maximum absolute atomic E-state index is 12.0. The fraction of sp³-hybridized carbons (Fsp3) is 0.129. The number of para-hydroxylation sites is 2. The smallest absolute Gasteiger partial charge is 0.337 e. The van der Waals surface area contributed by atoms with E-state index in [0.717, 1.165) is 61.6 Å². The van der Waals surface area contributed by atoms with E-state index in [1.54, 1.807) is 6.07 Å². The van der Waals surface area contributed by atoms with Crippen molar-refractivity contribution in [1.82, 2.24) is 4.98 Å². The number of nitrogens with two attached hydrogens (primary N) is 1. The number of halogens is 1. The zero-order valence-corrected chi connectivity index (χ0v) is 21.2. The van der Waals surface area contributed by atoms with Gasteiger partial charge in [-0.25, -0.2) is 4.79 Å². The number of benzene rings is 4. The maximum atomic E-state index is 12.0. The molecule has 2 aromatic heterocycles. The highest BCUT2D eigenvalue weighted by Crippen LogP contribution is 2.37. The summed E-state index contributed by atoms with van der Waals surface area (Å²) in [4.78, 5) is 15.6. The van der Waals surface area contributed by atoms with E-state index in [1.807, 2.05) is 36.4 Å². The number of carbonyl (C=O) groups is 1. The number of furan rings is 1. The summed E-state index contributed by atoms with van der Waals surface area (Å²) in [5, 5.41) is 3.40. The van der Waals surface area contributed by atoms with Crippen molar-refractivity contribution >= 4 is 51.2 Å². The van der Waals surface area contributed by atoms with Gasteiger partial charge in [0.25, 0.3) is 0 Å². The second-order valence-electron chi connectivity index (χ2n) is 9.03. The van der Waals surface area contributed by atoms with Crippen molar-refractivity contribution in [2.45, 2.75) is 12.8 Å². The van der Waals surface area contributed by atoms with E-state index in [2.05, 4.69) is 47.4 Å². The van der Waals surface area contributed by atoms with Crippen LogP contribution in [-0.4, -0.2) is 24.6 Å². The van der Waals surface area contributed by atoms with E-state index in [9.17, 15) is 4.79 Å². The van der Waals surface area contributed by atoms with Crippen LogP contribution in [0.3, 0.4) is 0 Å². The Bertz CT molecular complexity index is 1750. The predicted molar refractivity (Wildman–Crippen MR) is 152 cm³/mol. The second-order valence-corrected chi connectivity index (χ2v) is 9.03. The van der Waals surface area contributed by atoms with E-state index in [0.29, 0.717) is 18.5 Å². The highest BCUT2D eigenvalue weighted by molar-refractivity contribution is 6.10. The van der Waals surface area contributed by atoms with Gasteiger partial charge in [0, 0.05) is 39.4 Å². The van der Waals surface area contributed by atoms with Crippen LogP contribution in [0.15, 0.2) is 89.3 Å². The average Bonchev–Trinajstić information content (AvgIpc) is 3.46. The molecule has 186 valence electrons. The monoisotopic (exact) mass is 510 g/mol. The fourth-order valence-corrected chi connectivity index (χ4v) is 5.16. The van der Waals surface area contributed by atoms with Gasteiger partial charge in [0.05, 0.1) is 12.7 Å². The van der Waals surface area contributed by atoms with Crippen LogP contribution in [0.4, 0.5) is 0 Å². The van der Waals surface area contributed by atoms with Crippen molar-refractivity contribution in [1.29, 1.82) is 0 Å². The Kier molecular flexibility index (Phi) is 6.74. The van der Waals surface area contributed by atoms with Crippen molar-refractivity contribution in [2.75, 3.05) is 13.7 Å². The van der Waals surface area contributed by atoms with Crippen LogP contribution in [0.2, 0.25) is 0 Å². The Morgan fingerprint density at radius 3 is 2.57 bits per heavy atom. The molecule has 3 N–H and O–H groups in total. The first-order valence-corrected chi connectivity index (χ1v) is 12.1. The Labute approximate surface area is 220 Å². The average molecular weight is 511 g/mol. The molecule has 6 aromatic rings. The van der Waals surface area contributed by atoms with Crippen molar-refractivity contribution in [3.05, 3.63) is 107 Å². The molecule has 37 heavy (non-hydrogen) atoms. The molecule has 5 nitrogen and oxygen atoms in total. The van der Waals surface area contributed by atoms with Gasteiger partial charge in [0.1, 0.15) is 11.2 Å². The second kappa shape index (κ2) is 10.1. The van der Waals surface area contributed by atoms with Gasteiger partial charge < -0.3 is 19.9 Å². The molecule has 0 spiro atoms. The van der Waals surface area contributed by atoms with Crippen LogP contribution in [0.5, 0.6) is 0 Å². The van der Waals surface area contributed by atoms with E-state index >= 15 is 0 Å². The molecule has 0 aliphatic rings. The molecule has 0 saturated heterocycles. The van der Waals surface area contributed by atoms with Gasteiger partial charge >= 0.3 is 5.97 Å². The maximum Gasteiger partial charge on any atom is 0.337 e. The molecule has 0 aliphatic carbocycles. The molecule has 6 heteroatoms. The van der Waals surface area contributed by atoms with Gasteiger partial charge in [-0.2, -0.15) is 0 Å². The Morgan fingerprint density at radius 1 is 0.919 bits per heavy atom. The van der Waals surface area contributed by atoms with Crippen LogP contribution >= 0.6 is 12.4 Å². The van der Waals surface area contributed by atoms with Crippen molar-refractivity contribution < 1.29 is 13.9 Å². The molecule has 2 heterocycles. The number of hydrogen-bond donors (Lipinski definition) is 2. The lowest BCUT2D eigenvalue weighted by molar-refractivity contribution is 0.0600. The zero-order chi connectivity index (χ0) is 24.6. The minimum Gasteiger partial charge on any atom is -0.465 e. The SMILES string of the molecule is COC(=O)c1cccc(Cc2[nH]c3ccc(-c4cccc5c4oc4ccccc45)cc3c2CCN)c1.Cl. The molecular weight excluding hydrogens is 484 g/mol. The third-order valence-electron chi connectivity index (χ3n) is 6.83.